The van der Waals surface area contributed by atoms with Crippen molar-refractivity contribution in [1.29, 1.82) is 0 Å². The summed E-state index contributed by atoms with van der Waals surface area (Å²) in [6.45, 7) is 0.548. The van der Waals surface area contributed by atoms with Crippen LogP contribution in [0.4, 0.5) is 4.39 Å². The van der Waals surface area contributed by atoms with Crippen LogP contribution in [0.2, 0.25) is 0 Å². The summed E-state index contributed by atoms with van der Waals surface area (Å²) in [5, 5.41) is 8.95. The number of aliphatic hydroxyl groups excluding tert-OH is 1. The monoisotopic (exact) mass is 311 g/mol. The molecule has 0 saturated heterocycles. The lowest BCUT2D eigenvalue weighted by Gasteiger charge is -2.27. The predicted octanol–water partition coefficient (Wildman–Crippen LogP) is 0.719. The first-order chi connectivity index (χ1) is 10.0. The van der Waals surface area contributed by atoms with E-state index in [0.717, 1.165) is 6.07 Å². The number of aliphatic hydroxyl groups is 1. The average Bonchev–Trinajstić information content (AvgIpc) is 2.94. The Hall–Kier alpha value is -1.77. The fraction of sp³-hybridized carbons (Fsp3) is 0.308. The van der Waals surface area contributed by atoms with Crippen LogP contribution >= 0.6 is 0 Å². The van der Waals surface area contributed by atoms with E-state index in [4.69, 9.17) is 5.11 Å². The highest BCUT2D eigenvalue weighted by Crippen LogP contribution is 2.24. The van der Waals surface area contributed by atoms with Crippen molar-refractivity contribution in [3.63, 3.8) is 0 Å². The van der Waals surface area contributed by atoms with Crippen LogP contribution in [-0.2, 0) is 29.7 Å². The number of halogens is 1. The predicted molar refractivity (Wildman–Crippen MR) is 72.1 cm³/mol. The third kappa shape index (κ3) is 2.45. The third-order valence-corrected chi connectivity index (χ3v) is 5.38. The van der Waals surface area contributed by atoms with Crippen molar-refractivity contribution in [1.82, 2.24) is 13.9 Å². The minimum atomic E-state index is -3.91. The van der Waals surface area contributed by atoms with E-state index in [1.165, 1.54) is 16.4 Å². The maximum atomic E-state index is 14.0. The number of aromatic nitrogens is 2. The highest BCUT2D eigenvalue weighted by atomic mass is 32.2. The molecule has 0 spiro atoms. The van der Waals surface area contributed by atoms with Crippen molar-refractivity contribution in [2.45, 2.75) is 24.6 Å². The van der Waals surface area contributed by atoms with Gasteiger partial charge in [0.1, 0.15) is 16.5 Å². The molecular weight excluding hydrogens is 297 g/mol. The summed E-state index contributed by atoms with van der Waals surface area (Å²) in [5.74, 6) is -0.215. The molecule has 0 radical (unpaired) electrons. The van der Waals surface area contributed by atoms with Gasteiger partial charge in [-0.3, -0.25) is 0 Å². The Morgan fingerprint density at radius 3 is 2.86 bits per heavy atom. The molecule has 21 heavy (non-hydrogen) atoms. The Bertz CT molecular complexity index is 773. The molecule has 0 atom stereocenters. The Balaban J connectivity index is 1.95. The van der Waals surface area contributed by atoms with Crippen molar-refractivity contribution in [2.75, 3.05) is 6.54 Å². The minimum Gasteiger partial charge on any atom is -0.392 e. The molecule has 0 amide bonds. The molecule has 2 heterocycles. The van der Waals surface area contributed by atoms with Gasteiger partial charge < -0.3 is 9.67 Å². The molecule has 6 nitrogen and oxygen atoms in total. The second kappa shape index (κ2) is 5.21. The van der Waals surface area contributed by atoms with Gasteiger partial charge in [-0.25, -0.2) is 17.8 Å². The smallest absolute Gasteiger partial charge is 0.246 e. The van der Waals surface area contributed by atoms with Crippen LogP contribution in [0.15, 0.2) is 35.5 Å². The lowest BCUT2D eigenvalue weighted by Crippen LogP contribution is -2.38. The number of fused-ring (bicyclic) bond motifs is 1. The number of imidazole rings is 1. The molecule has 3 rings (SSSR count). The summed E-state index contributed by atoms with van der Waals surface area (Å²) in [5.41, 5.74) is 0.334. The molecule has 0 unspecified atom stereocenters. The second-order valence-electron chi connectivity index (χ2n) is 4.80. The first kappa shape index (κ1) is 14.2. The fourth-order valence-electron chi connectivity index (χ4n) is 2.35. The van der Waals surface area contributed by atoms with Crippen LogP contribution in [-0.4, -0.2) is 33.9 Å². The largest absolute Gasteiger partial charge is 0.392 e. The van der Waals surface area contributed by atoms with E-state index in [9.17, 15) is 12.8 Å². The fourth-order valence-corrected chi connectivity index (χ4v) is 3.78. The van der Waals surface area contributed by atoms with E-state index in [2.05, 4.69) is 4.98 Å². The van der Waals surface area contributed by atoms with E-state index < -0.39 is 15.8 Å². The zero-order valence-corrected chi connectivity index (χ0v) is 11.9. The highest BCUT2D eigenvalue weighted by molar-refractivity contribution is 7.89. The third-order valence-electron chi connectivity index (χ3n) is 3.51. The first-order valence-corrected chi connectivity index (χ1v) is 7.86. The summed E-state index contributed by atoms with van der Waals surface area (Å²) in [6, 6.07) is 3.63. The molecule has 1 aliphatic rings. The maximum absolute atomic E-state index is 14.0. The number of benzene rings is 1. The van der Waals surface area contributed by atoms with Gasteiger partial charge in [0.2, 0.25) is 10.0 Å². The van der Waals surface area contributed by atoms with Crippen LogP contribution in [0.5, 0.6) is 0 Å². The molecule has 1 aromatic heterocycles. The zero-order valence-electron chi connectivity index (χ0n) is 11.1. The van der Waals surface area contributed by atoms with E-state index >= 15 is 0 Å². The zero-order chi connectivity index (χ0) is 15.0. The van der Waals surface area contributed by atoms with E-state index in [-0.39, 0.29) is 24.6 Å². The van der Waals surface area contributed by atoms with Gasteiger partial charge >= 0.3 is 0 Å². The van der Waals surface area contributed by atoms with Gasteiger partial charge in [-0.2, -0.15) is 4.31 Å². The van der Waals surface area contributed by atoms with Crippen molar-refractivity contribution >= 4 is 10.0 Å². The van der Waals surface area contributed by atoms with Crippen LogP contribution in [0.3, 0.4) is 0 Å². The number of hydrogen-bond donors (Lipinski definition) is 1. The van der Waals surface area contributed by atoms with E-state index in [1.807, 2.05) is 4.57 Å². The normalized spacial score (nSPS) is 15.9. The summed E-state index contributed by atoms with van der Waals surface area (Å²) < 4.78 is 42.1. The van der Waals surface area contributed by atoms with Gasteiger partial charge in [-0.05, 0) is 17.7 Å². The van der Waals surface area contributed by atoms with E-state index in [0.29, 0.717) is 17.9 Å². The van der Waals surface area contributed by atoms with Crippen molar-refractivity contribution in [2.24, 2.45) is 0 Å². The second-order valence-corrected chi connectivity index (χ2v) is 6.70. The summed E-state index contributed by atoms with van der Waals surface area (Å²) in [7, 11) is -3.91. The molecule has 1 aromatic carbocycles. The molecular formula is C13H14FN3O3S. The van der Waals surface area contributed by atoms with E-state index in [1.54, 1.807) is 12.4 Å². The highest BCUT2D eigenvalue weighted by Gasteiger charge is 2.31. The first-order valence-electron chi connectivity index (χ1n) is 6.42. The summed E-state index contributed by atoms with van der Waals surface area (Å²) >= 11 is 0. The Morgan fingerprint density at radius 2 is 2.14 bits per heavy atom. The molecule has 0 bridgehead atoms. The molecule has 0 aliphatic carbocycles. The van der Waals surface area contributed by atoms with Crippen LogP contribution in [0.1, 0.15) is 11.4 Å². The lowest BCUT2D eigenvalue weighted by atomic mass is 10.2. The lowest BCUT2D eigenvalue weighted by molar-refractivity contribution is 0.281. The topological polar surface area (TPSA) is 75.4 Å². The molecule has 0 saturated carbocycles. The van der Waals surface area contributed by atoms with Crippen LogP contribution < -0.4 is 0 Å². The molecule has 1 N–H and O–H groups in total. The van der Waals surface area contributed by atoms with Crippen molar-refractivity contribution in [3.8, 4) is 0 Å². The minimum absolute atomic E-state index is 0.122. The number of hydrogen-bond acceptors (Lipinski definition) is 4. The van der Waals surface area contributed by atoms with Crippen LogP contribution in [0, 0.1) is 5.82 Å². The van der Waals surface area contributed by atoms with Gasteiger partial charge in [-0.1, -0.05) is 6.07 Å². The van der Waals surface area contributed by atoms with Gasteiger partial charge in [-0.15, -0.1) is 0 Å². The van der Waals surface area contributed by atoms with Gasteiger partial charge in [0.05, 0.1) is 13.2 Å². The molecule has 1 aliphatic heterocycles. The quantitative estimate of drug-likeness (QED) is 0.906. The molecule has 0 fully saturated rings. The molecule has 112 valence electrons. The number of sulfonamides is 1. The van der Waals surface area contributed by atoms with Gasteiger partial charge in [0, 0.05) is 25.5 Å². The average molecular weight is 311 g/mol. The standard InChI is InChI=1S/C13H14FN3O3S/c14-11-7-10(9-18)1-2-12(11)21(19,20)17-6-5-16-4-3-15-13(16)8-17/h1-4,7,18H,5-6,8-9H2. The summed E-state index contributed by atoms with van der Waals surface area (Å²) in [4.78, 5) is 3.72. The maximum Gasteiger partial charge on any atom is 0.246 e. The number of nitrogens with zero attached hydrogens (tertiary/aromatic N) is 3. The van der Waals surface area contributed by atoms with Crippen molar-refractivity contribution in [3.05, 3.63) is 47.8 Å². The Kier molecular flexibility index (Phi) is 3.52. The van der Waals surface area contributed by atoms with Crippen LogP contribution in [0.25, 0.3) is 0 Å². The van der Waals surface area contributed by atoms with Gasteiger partial charge in [0.25, 0.3) is 0 Å². The summed E-state index contributed by atoms with van der Waals surface area (Å²) in [6.07, 6.45) is 3.40. The Labute approximate surface area is 121 Å². The molecule has 2 aromatic rings. The Morgan fingerprint density at radius 1 is 1.33 bits per heavy atom. The SMILES string of the molecule is O=S(=O)(c1ccc(CO)cc1F)N1CCn2ccnc2C1. The number of rotatable bonds is 3. The molecule has 8 heteroatoms. The van der Waals surface area contributed by atoms with Crippen molar-refractivity contribution < 1.29 is 17.9 Å². The van der Waals surface area contributed by atoms with Gasteiger partial charge in [0.15, 0.2) is 0 Å².